The average Bonchev–Trinajstić information content (AvgIpc) is 2.50. The summed E-state index contributed by atoms with van der Waals surface area (Å²) in [6.07, 6.45) is 4.42. The third-order valence-corrected chi connectivity index (χ3v) is 3.00. The zero-order valence-electron chi connectivity index (χ0n) is 12.3. The van der Waals surface area contributed by atoms with Gasteiger partial charge in [0.05, 0.1) is 13.0 Å². The molecule has 21 heavy (non-hydrogen) atoms. The van der Waals surface area contributed by atoms with Crippen molar-refractivity contribution in [3.05, 3.63) is 54.6 Å². The van der Waals surface area contributed by atoms with E-state index in [1.807, 2.05) is 30.3 Å². The van der Waals surface area contributed by atoms with Crippen molar-refractivity contribution in [3.63, 3.8) is 0 Å². The van der Waals surface area contributed by atoms with E-state index in [2.05, 4.69) is 6.58 Å². The zero-order valence-corrected chi connectivity index (χ0v) is 12.3. The molecule has 2 atom stereocenters. The molecule has 1 rings (SSSR count). The first-order chi connectivity index (χ1) is 10.1. The third-order valence-electron chi connectivity index (χ3n) is 3.00. The lowest BCUT2D eigenvalue weighted by Gasteiger charge is -2.20. The van der Waals surface area contributed by atoms with E-state index in [9.17, 15) is 9.59 Å². The Labute approximate surface area is 125 Å². The first-order valence-electron chi connectivity index (χ1n) is 6.71. The van der Waals surface area contributed by atoms with E-state index in [0.717, 1.165) is 5.56 Å². The Hall–Kier alpha value is -2.36. The minimum Gasteiger partial charge on any atom is -0.469 e. The summed E-state index contributed by atoms with van der Waals surface area (Å²) in [5.74, 6) is -1.45. The zero-order chi connectivity index (χ0) is 15.7. The second-order valence-corrected chi connectivity index (χ2v) is 4.54. The van der Waals surface area contributed by atoms with E-state index in [-0.39, 0.29) is 0 Å². The Balaban J connectivity index is 2.61. The van der Waals surface area contributed by atoms with Crippen LogP contribution in [0.4, 0.5) is 0 Å². The minimum atomic E-state index is -0.580. The first kappa shape index (κ1) is 16.7. The van der Waals surface area contributed by atoms with Gasteiger partial charge < -0.3 is 9.47 Å². The Kier molecular flexibility index (Phi) is 6.95. The Bertz CT molecular complexity index is 505. The number of hydrogen-bond acceptors (Lipinski definition) is 4. The normalized spacial score (nSPS) is 13.4. The Morgan fingerprint density at radius 3 is 2.52 bits per heavy atom. The summed E-state index contributed by atoms with van der Waals surface area (Å²) in [5.41, 5.74) is 0.901. The van der Waals surface area contributed by atoms with Crippen molar-refractivity contribution < 1.29 is 19.1 Å². The number of hydrogen-bond donors (Lipinski definition) is 0. The van der Waals surface area contributed by atoms with Crippen molar-refractivity contribution in [3.8, 4) is 0 Å². The highest BCUT2D eigenvalue weighted by Gasteiger charge is 2.27. The third kappa shape index (κ3) is 5.65. The maximum absolute atomic E-state index is 11.8. The summed E-state index contributed by atoms with van der Waals surface area (Å²) in [7, 11) is 1.31. The lowest BCUT2D eigenvalue weighted by molar-refractivity contribution is -0.156. The largest absolute Gasteiger partial charge is 0.469 e. The van der Waals surface area contributed by atoms with Gasteiger partial charge in [0.15, 0.2) is 0 Å². The topological polar surface area (TPSA) is 52.6 Å². The molecule has 0 saturated carbocycles. The number of methoxy groups -OCH3 is 1. The standard InChI is InChI=1S/C17H20O4/c1-4-8-15(17(19)20-3)13(2)21-16(18)12-11-14-9-6-5-7-10-14/h4-7,9-13,15H,1,8H2,2-3H3. The van der Waals surface area contributed by atoms with Gasteiger partial charge in [-0.05, 0) is 25.0 Å². The van der Waals surface area contributed by atoms with E-state index in [4.69, 9.17) is 9.47 Å². The second-order valence-electron chi connectivity index (χ2n) is 4.54. The molecule has 1 aromatic carbocycles. The van der Waals surface area contributed by atoms with Crippen LogP contribution < -0.4 is 0 Å². The van der Waals surface area contributed by atoms with Gasteiger partial charge in [0.2, 0.25) is 0 Å². The SMILES string of the molecule is C=CCC(C(=O)OC)C(C)OC(=O)C=Cc1ccccc1. The molecule has 0 spiro atoms. The van der Waals surface area contributed by atoms with Crippen LogP contribution in [0.2, 0.25) is 0 Å². The molecule has 0 N–H and O–H groups in total. The van der Waals surface area contributed by atoms with Gasteiger partial charge in [-0.25, -0.2) is 4.79 Å². The summed E-state index contributed by atoms with van der Waals surface area (Å²) in [5, 5.41) is 0. The van der Waals surface area contributed by atoms with Gasteiger partial charge in [0.1, 0.15) is 6.10 Å². The van der Waals surface area contributed by atoms with Gasteiger partial charge >= 0.3 is 11.9 Å². The summed E-state index contributed by atoms with van der Waals surface area (Å²) in [6, 6.07) is 9.41. The lowest BCUT2D eigenvalue weighted by atomic mass is 10.00. The molecule has 0 radical (unpaired) electrons. The number of rotatable bonds is 7. The van der Waals surface area contributed by atoms with Gasteiger partial charge in [0.25, 0.3) is 0 Å². The quantitative estimate of drug-likeness (QED) is 0.440. The van der Waals surface area contributed by atoms with Gasteiger partial charge in [-0.2, -0.15) is 0 Å². The fourth-order valence-electron chi connectivity index (χ4n) is 1.84. The molecule has 0 heterocycles. The van der Waals surface area contributed by atoms with Crippen molar-refractivity contribution >= 4 is 18.0 Å². The van der Waals surface area contributed by atoms with Crippen LogP contribution in [0.1, 0.15) is 18.9 Å². The van der Waals surface area contributed by atoms with Gasteiger partial charge in [-0.3, -0.25) is 4.79 Å². The molecular formula is C17H20O4. The lowest BCUT2D eigenvalue weighted by Crippen LogP contribution is -2.30. The Morgan fingerprint density at radius 1 is 1.29 bits per heavy atom. The maximum atomic E-state index is 11.8. The molecule has 4 heteroatoms. The average molecular weight is 288 g/mol. The summed E-state index contributed by atoms with van der Waals surface area (Å²) in [6.45, 7) is 5.26. The van der Waals surface area contributed by atoms with Crippen LogP contribution in [-0.2, 0) is 19.1 Å². The summed E-state index contributed by atoms with van der Waals surface area (Å²) < 4.78 is 9.94. The van der Waals surface area contributed by atoms with Crippen molar-refractivity contribution in [1.82, 2.24) is 0 Å². The van der Waals surface area contributed by atoms with Crippen LogP contribution in [0.15, 0.2) is 49.1 Å². The molecule has 112 valence electrons. The molecule has 2 unspecified atom stereocenters. The molecule has 0 aliphatic carbocycles. The van der Waals surface area contributed by atoms with Crippen molar-refractivity contribution in [1.29, 1.82) is 0 Å². The summed E-state index contributed by atoms with van der Waals surface area (Å²) in [4.78, 5) is 23.4. The molecule has 1 aromatic rings. The van der Waals surface area contributed by atoms with E-state index >= 15 is 0 Å². The van der Waals surface area contributed by atoms with E-state index in [1.54, 1.807) is 19.1 Å². The molecule has 0 fully saturated rings. The van der Waals surface area contributed by atoms with Crippen LogP contribution in [0.25, 0.3) is 6.08 Å². The van der Waals surface area contributed by atoms with Crippen molar-refractivity contribution in [2.45, 2.75) is 19.4 Å². The highest BCUT2D eigenvalue weighted by molar-refractivity contribution is 5.87. The Morgan fingerprint density at radius 2 is 1.95 bits per heavy atom. The van der Waals surface area contributed by atoms with Crippen LogP contribution >= 0.6 is 0 Å². The number of ether oxygens (including phenoxy) is 2. The molecule has 0 saturated heterocycles. The maximum Gasteiger partial charge on any atom is 0.331 e. The van der Waals surface area contributed by atoms with E-state index in [1.165, 1.54) is 13.2 Å². The van der Waals surface area contributed by atoms with Crippen LogP contribution in [-0.4, -0.2) is 25.2 Å². The minimum absolute atomic E-state index is 0.392. The van der Waals surface area contributed by atoms with Crippen molar-refractivity contribution in [2.24, 2.45) is 5.92 Å². The molecular weight excluding hydrogens is 268 g/mol. The monoisotopic (exact) mass is 288 g/mol. The van der Waals surface area contributed by atoms with Crippen LogP contribution in [0.3, 0.4) is 0 Å². The molecule has 0 aliphatic heterocycles. The fourth-order valence-corrected chi connectivity index (χ4v) is 1.84. The number of carbonyl (C=O) groups excluding carboxylic acids is 2. The number of carbonyl (C=O) groups is 2. The number of esters is 2. The van der Waals surface area contributed by atoms with Crippen LogP contribution in [0.5, 0.6) is 0 Å². The molecule has 0 aliphatic rings. The number of allylic oxidation sites excluding steroid dienone is 1. The predicted octanol–water partition coefficient (Wildman–Crippen LogP) is 3.00. The molecule has 0 bridgehead atoms. The fraction of sp³-hybridized carbons (Fsp3) is 0.294. The van der Waals surface area contributed by atoms with Crippen LogP contribution in [0, 0.1) is 5.92 Å². The van der Waals surface area contributed by atoms with Gasteiger partial charge in [-0.1, -0.05) is 36.4 Å². The molecule has 0 aromatic heterocycles. The van der Waals surface area contributed by atoms with Gasteiger partial charge in [-0.15, -0.1) is 6.58 Å². The molecule has 4 nitrogen and oxygen atoms in total. The van der Waals surface area contributed by atoms with E-state index < -0.39 is 24.0 Å². The smallest absolute Gasteiger partial charge is 0.331 e. The highest BCUT2D eigenvalue weighted by atomic mass is 16.6. The second kappa shape index (κ2) is 8.74. The van der Waals surface area contributed by atoms with Crippen molar-refractivity contribution in [2.75, 3.05) is 7.11 Å². The van der Waals surface area contributed by atoms with E-state index in [0.29, 0.717) is 6.42 Å². The molecule has 0 amide bonds. The summed E-state index contributed by atoms with van der Waals surface area (Å²) >= 11 is 0. The highest BCUT2D eigenvalue weighted by Crippen LogP contribution is 2.15. The van der Waals surface area contributed by atoms with Gasteiger partial charge in [0, 0.05) is 6.08 Å². The first-order valence-corrected chi connectivity index (χ1v) is 6.71. The number of benzene rings is 1. The predicted molar refractivity (Wildman–Crippen MR) is 81.4 cm³/mol.